The molecule has 0 spiro atoms. The summed E-state index contributed by atoms with van der Waals surface area (Å²) in [5, 5.41) is 2.63. The first-order chi connectivity index (χ1) is 9.00. The number of amides is 1. The summed E-state index contributed by atoms with van der Waals surface area (Å²) in [7, 11) is -1.96. The standard InChI is InChI=1S/C11H15BrN2O4S/c1-18-7-6-13-11(15)9-4-2-3-5-10(9)14-19(16,17)8-12/h2-5,14H,6-8H2,1H3,(H,13,15). The SMILES string of the molecule is COCCNC(=O)c1ccccc1NS(=O)(=O)CBr. The van der Waals surface area contributed by atoms with E-state index in [9.17, 15) is 13.2 Å². The molecule has 0 unspecified atom stereocenters. The number of hydrogen-bond donors (Lipinski definition) is 2. The number of carbonyl (C=O) groups excluding carboxylic acids is 1. The first-order valence-electron chi connectivity index (χ1n) is 5.43. The molecule has 2 N–H and O–H groups in total. The quantitative estimate of drug-likeness (QED) is 0.570. The molecule has 106 valence electrons. The Bertz CT molecular complexity index is 533. The van der Waals surface area contributed by atoms with Crippen molar-refractivity contribution in [3.8, 4) is 0 Å². The zero-order valence-electron chi connectivity index (χ0n) is 10.3. The van der Waals surface area contributed by atoms with Gasteiger partial charge >= 0.3 is 0 Å². The third kappa shape index (κ3) is 5.17. The smallest absolute Gasteiger partial charge is 0.253 e. The number of nitrogens with one attached hydrogen (secondary N) is 2. The van der Waals surface area contributed by atoms with Gasteiger partial charge in [0.1, 0.15) is 4.66 Å². The molecule has 0 radical (unpaired) electrons. The maximum absolute atomic E-state index is 11.9. The fourth-order valence-electron chi connectivity index (χ4n) is 1.33. The third-order valence-corrected chi connectivity index (χ3v) is 4.80. The van der Waals surface area contributed by atoms with Crippen LogP contribution < -0.4 is 10.0 Å². The Morgan fingerprint density at radius 1 is 1.37 bits per heavy atom. The fourth-order valence-corrected chi connectivity index (χ4v) is 2.24. The van der Waals surface area contributed by atoms with Crippen molar-refractivity contribution in [1.82, 2.24) is 5.32 Å². The number of anilines is 1. The second-order valence-electron chi connectivity index (χ2n) is 3.62. The van der Waals surface area contributed by atoms with E-state index in [0.717, 1.165) is 0 Å². The van der Waals surface area contributed by atoms with Crippen LogP contribution >= 0.6 is 15.9 Å². The number of benzene rings is 1. The summed E-state index contributed by atoms with van der Waals surface area (Å²) in [6.07, 6.45) is 0. The van der Waals surface area contributed by atoms with Crippen LogP contribution in [0.4, 0.5) is 5.69 Å². The predicted molar refractivity (Wildman–Crippen MR) is 77.0 cm³/mol. The lowest BCUT2D eigenvalue weighted by Gasteiger charge is -2.11. The molecule has 0 aromatic heterocycles. The maximum atomic E-state index is 11.9. The highest BCUT2D eigenvalue weighted by Crippen LogP contribution is 2.17. The van der Waals surface area contributed by atoms with Gasteiger partial charge in [-0.3, -0.25) is 9.52 Å². The fraction of sp³-hybridized carbons (Fsp3) is 0.364. The van der Waals surface area contributed by atoms with Crippen molar-refractivity contribution in [2.75, 3.05) is 29.6 Å². The topological polar surface area (TPSA) is 84.5 Å². The number of rotatable bonds is 7. The average Bonchev–Trinajstić information content (AvgIpc) is 2.39. The van der Waals surface area contributed by atoms with Crippen LogP contribution in [0.25, 0.3) is 0 Å². The number of ether oxygens (including phenoxy) is 1. The average molecular weight is 351 g/mol. The molecule has 0 aliphatic rings. The molecule has 1 aromatic carbocycles. The van der Waals surface area contributed by atoms with E-state index in [4.69, 9.17) is 4.74 Å². The molecule has 6 nitrogen and oxygen atoms in total. The summed E-state index contributed by atoms with van der Waals surface area (Å²) in [5.41, 5.74) is 0.514. The van der Waals surface area contributed by atoms with Gasteiger partial charge in [-0.1, -0.05) is 28.1 Å². The number of hydrogen-bond acceptors (Lipinski definition) is 4. The molecule has 0 heterocycles. The van der Waals surface area contributed by atoms with Gasteiger partial charge in [-0.15, -0.1) is 0 Å². The van der Waals surface area contributed by atoms with Crippen LogP contribution in [0.5, 0.6) is 0 Å². The molecule has 0 bridgehead atoms. The normalized spacial score (nSPS) is 11.1. The van der Waals surface area contributed by atoms with Gasteiger partial charge in [-0.05, 0) is 12.1 Å². The highest BCUT2D eigenvalue weighted by atomic mass is 79.9. The zero-order chi connectivity index (χ0) is 14.3. The molecule has 1 amide bonds. The van der Waals surface area contributed by atoms with Crippen LogP contribution in [0.15, 0.2) is 24.3 Å². The number of carbonyl (C=O) groups is 1. The molecule has 19 heavy (non-hydrogen) atoms. The van der Waals surface area contributed by atoms with Gasteiger partial charge in [0.2, 0.25) is 10.0 Å². The van der Waals surface area contributed by atoms with Crippen molar-refractivity contribution in [1.29, 1.82) is 0 Å². The van der Waals surface area contributed by atoms with Crippen molar-refractivity contribution in [2.45, 2.75) is 0 Å². The van der Waals surface area contributed by atoms with E-state index in [0.29, 0.717) is 13.2 Å². The molecule has 1 rings (SSSR count). The van der Waals surface area contributed by atoms with Gasteiger partial charge < -0.3 is 10.1 Å². The van der Waals surface area contributed by atoms with Gasteiger partial charge in [0.05, 0.1) is 17.9 Å². The van der Waals surface area contributed by atoms with Crippen molar-refractivity contribution < 1.29 is 17.9 Å². The lowest BCUT2D eigenvalue weighted by molar-refractivity contribution is 0.0938. The van der Waals surface area contributed by atoms with Crippen LogP contribution in [0, 0.1) is 0 Å². The Hall–Kier alpha value is -1.12. The minimum Gasteiger partial charge on any atom is -0.383 e. The second kappa shape index (κ2) is 7.46. The van der Waals surface area contributed by atoms with Crippen molar-refractivity contribution in [3.63, 3.8) is 0 Å². The molecule has 0 atom stereocenters. The molecular weight excluding hydrogens is 336 g/mol. The molecular formula is C11H15BrN2O4S. The maximum Gasteiger partial charge on any atom is 0.253 e. The summed E-state index contributed by atoms with van der Waals surface area (Å²) in [6.45, 7) is 0.746. The Morgan fingerprint density at radius 3 is 2.68 bits per heavy atom. The highest BCUT2D eigenvalue weighted by molar-refractivity contribution is 9.10. The first kappa shape index (κ1) is 15.9. The monoisotopic (exact) mass is 350 g/mol. The van der Waals surface area contributed by atoms with Crippen LogP contribution in [-0.2, 0) is 14.8 Å². The summed E-state index contributed by atoms with van der Waals surface area (Å²) < 4.78 is 29.9. The van der Waals surface area contributed by atoms with Crippen molar-refractivity contribution >= 4 is 37.5 Å². The lowest BCUT2D eigenvalue weighted by Crippen LogP contribution is -2.28. The number of alkyl halides is 1. The van der Waals surface area contributed by atoms with E-state index < -0.39 is 10.0 Å². The minimum atomic E-state index is -3.49. The Morgan fingerprint density at radius 2 is 2.05 bits per heavy atom. The Balaban J connectivity index is 2.87. The van der Waals surface area contributed by atoms with Gasteiger partial charge in [-0.2, -0.15) is 0 Å². The van der Waals surface area contributed by atoms with E-state index in [1.54, 1.807) is 18.2 Å². The largest absolute Gasteiger partial charge is 0.383 e. The van der Waals surface area contributed by atoms with Crippen molar-refractivity contribution in [2.24, 2.45) is 0 Å². The Labute approximate surface area is 120 Å². The number of methoxy groups -OCH3 is 1. The zero-order valence-corrected chi connectivity index (χ0v) is 12.8. The summed E-state index contributed by atoms with van der Waals surface area (Å²) in [4.78, 5) is 11.9. The number of halogens is 1. The van der Waals surface area contributed by atoms with Crippen LogP contribution in [0.1, 0.15) is 10.4 Å². The predicted octanol–water partition coefficient (Wildman–Crippen LogP) is 1.16. The highest BCUT2D eigenvalue weighted by Gasteiger charge is 2.15. The number of para-hydroxylation sites is 1. The van der Waals surface area contributed by atoms with Crippen LogP contribution in [0.2, 0.25) is 0 Å². The second-order valence-corrected chi connectivity index (χ2v) is 6.65. The van der Waals surface area contributed by atoms with E-state index in [1.807, 2.05) is 0 Å². The first-order valence-corrected chi connectivity index (χ1v) is 8.20. The molecule has 0 aliphatic heterocycles. The molecule has 0 aliphatic carbocycles. The molecule has 8 heteroatoms. The van der Waals surface area contributed by atoms with E-state index >= 15 is 0 Å². The van der Waals surface area contributed by atoms with E-state index in [1.165, 1.54) is 13.2 Å². The van der Waals surface area contributed by atoms with Crippen molar-refractivity contribution in [3.05, 3.63) is 29.8 Å². The molecule has 0 saturated carbocycles. The molecule has 0 fully saturated rings. The van der Waals surface area contributed by atoms with Crippen LogP contribution in [0.3, 0.4) is 0 Å². The van der Waals surface area contributed by atoms with Gasteiger partial charge in [-0.25, -0.2) is 8.42 Å². The minimum absolute atomic E-state index is 0.236. The molecule has 1 aromatic rings. The van der Waals surface area contributed by atoms with Gasteiger partial charge in [0.15, 0.2) is 0 Å². The lowest BCUT2D eigenvalue weighted by atomic mass is 10.2. The molecule has 0 saturated heterocycles. The van der Waals surface area contributed by atoms with E-state index in [-0.39, 0.29) is 21.8 Å². The summed E-state index contributed by atoms with van der Waals surface area (Å²) in [6, 6.07) is 6.40. The third-order valence-electron chi connectivity index (χ3n) is 2.17. The summed E-state index contributed by atoms with van der Waals surface area (Å²) >= 11 is 2.87. The van der Waals surface area contributed by atoms with Crippen LogP contribution in [-0.4, -0.2) is 39.2 Å². The van der Waals surface area contributed by atoms with Gasteiger partial charge in [0.25, 0.3) is 5.91 Å². The van der Waals surface area contributed by atoms with Gasteiger partial charge in [0, 0.05) is 13.7 Å². The summed E-state index contributed by atoms with van der Waals surface area (Å²) in [5.74, 6) is -0.357. The van der Waals surface area contributed by atoms with E-state index in [2.05, 4.69) is 26.0 Å². The number of sulfonamides is 1. The Kier molecular flexibility index (Phi) is 6.26.